The fourth-order valence-electron chi connectivity index (χ4n) is 1.83. The van der Waals surface area contributed by atoms with Gasteiger partial charge in [-0.3, -0.25) is 4.98 Å². The van der Waals surface area contributed by atoms with Crippen LogP contribution in [0.5, 0.6) is 0 Å². The third kappa shape index (κ3) is 3.77. The third-order valence-corrected chi connectivity index (χ3v) is 4.74. The van der Waals surface area contributed by atoms with Crippen molar-refractivity contribution in [2.45, 2.75) is 18.4 Å². The highest BCUT2D eigenvalue weighted by atomic mass is 32.2. The second kappa shape index (κ2) is 6.64. The van der Waals surface area contributed by atoms with Crippen LogP contribution in [0.2, 0.25) is 0 Å². The van der Waals surface area contributed by atoms with Crippen LogP contribution in [0.25, 0.3) is 0 Å². The van der Waals surface area contributed by atoms with Crippen molar-refractivity contribution < 1.29 is 8.42 Å². The number of rotatable bonds is 6. The molecule has 2 aromatic heterocycles. The Balaban J connectivity index is 2.16. The fourth-order valence-corrected chi connectivity index (χ4v) is 2.93. The molecule has 0 aromatic carbocycles. The average Bonchev–Trinajstić information content (AvgIpc) is 2.49. The summed E-state index contributed by atoms with van der Waals surface area (Å²) in [6.07, 6.45) is 4.65. The van der Waals surface area contributed by atoms with Crippen molar-refractivity contribution in [2.75, 3.05) is 18.9 Å². The van der Waals surface area contributed by atoms with E-state index in [-0.39, 0.29) is 4.90 Å². The summed E-state index contributed by atoms with van der Waals surface area (Å²) in [6, 6.07) is 6.80. The van der Waals surface area contributed by atoms with Crippen LogP contribution in [0.1, 0.15) is 12.5 Å². The topological polar surface area (TPSA) is 75.2 Å². The molecule has 21 heavy (non-hydrogen) atoms. The lowest BCUT2D eigenvalue weighted by molar-refractivity contribution is 0.466. The lowest BCUT2D eigenvalue weighted by Gasteiger charge is -2.17. The molecular weight excluding hydrogens is 288 g/mol. The quantitative estimate of drug-likeness (QED) is 0.879. The van der Waals surface area contributed by atoms with Crippen molar-refractivity contribution in [2.24, 2.45) is 0 Å². The number of sulfonamides is 1. The van der Waals surface area contributed by atoms with Crippen LogP contribution in [0, 0.1) is 0 Å². The molecule has 112 valence electrons. The van der Waals surface area contributed by atoms with E-state index in [1.54, 1.807) is 43.7 Å². The van der Waals surface area contributed by atoms with E-state index < -0.39 is 10.0 Å². The minimum absolute atomic E-state index is 0.181. The van der Waals surface area contributed by atoms with E-state index in [1.165, 1.54) is 10.5 Å². The summed E-state index contributed by atoms with van der Waals surface area (Å²) in [5.74, 6) is 0.660. The van der Waals surface area contributed by atoms with E-state index in [0.717, 1.165) is 12.1 Å². The predicted molar refractivity (Wildman–Crippen MR) is 81.3 cm³/mol. The van der Waals surface area contributed by atoms with E-state index in [9.17, 15) is 8.42 Å². The maximum atomic E-state index is 12.5. The van der Waals surface area contributed by atoms with Crippen LogP contribution < -0.4 is 5.32 Å². The average molecular weight is 306 g/mol. The molecule has 0 saturated carbocycles. The maximum absolute atomic E-state index is 12.5. The summed E-state index contributed by atoms with van der Waals surface area (Å²) >= 11 is 0. The van der Waals surface area contributed by atoms with Crippen molar-refractivity contribution in [3.63, 3.8) is 0 Å². The Morgan fingerprint density at radius 3 is 2.48 bits per heavy atom. The van der Waals surface area contributed by atoms with Gasteiger partial charge in [-0.2, -0.15) is 4.31 Å². The van der Waals surface area contributed by atoms with Crippen molar-refractivity contribution in [3.8, 4) is 0 Å². The molecule has 0 radical (unpaired) electrons. The van der Waals surface area contributed by atoms with Gasteiger partial charge < -0.3 is 5.32 Å². The van der Waals surface area contributed by atoms with Gasteiger partial charge in [-0.25, -0.2) is 13.4 Å². The molecule has 2 heterocycles. The summed E-state index contributed by atoms with van der Waals surface area (Å²) in [4.78, 5) is 8.19. The van der Waals surface area contributed by atoms with Gasteiger partial charge in [0.1, 0.15) is 10.7 Å². The maximum Gasteiger partial charge on any atom is 0.244 e. The summed E-state index contributed by atoms with van der Waals surface area (Å²) < 4.78 is 26.2. The smallest absolute Gasteiger partial charge is 0.244 e. The first-order valence-corrected chi connectivity index (χ1v) is 8.03. The normalized spacial score (nSPS) is 11.6. The van der Waals surface area contributed by atoms with E-state index >= 15 is 0 Å². The molecule has 2 rings (SSSR count). The number of nitrogens with one attached hydrogen (secondary N) is 1. The molecule has 0 amide bonds. The lowest BCUT2D eigenvalue weighted by atomic mass is 10.3. The highest BCUT2D eigenvalue weighted by Gasteiger charge is 2.21. The molecule has 0 aliphatic carbocycles. The zero-order valence-electron chi connectivity index (χ0n) is 12.0. The highest BCUT2D eigenvalue weighted by Crippen LogP contribution is 2.17. The van der Waals surface area contributed by atoms with E-state index in [0.29, 0.717) is 12.4 Å². The van der Waals surface area contributed by atoms with E-state index in [1.807, 2.05) is 6.92 Å². The Morgan fingerprint density at radius 2 is 1.90 bits per heavy atom. The standard InChI is InChI=1S/C14H18N4O2S/c1-3-16-14-5-4-13(10-17-14)21(19,20)18(2)11-12-6-8-15-9-7-12/h4-10H,3,11H2,1-2H3,(H,16,17). The SMILES string of the molecule is CCNc1ccc(S(=O)(=O)N(C)Cc2ccncc2)cn1. The molecule has 1 N–H and O–H groups in total. The number of hydrogen-bond donors (Lipinski definition) is 1. The van der Waals surface area contributed by atoms with Gasteiger partial charge >= 0.3 is 0 Å². The molecule has 0 unspecified atom stereocenters. The number of anilines is 1. The van der Waals surface area contributed by atoms with Crippen molar-refractivity contribution in [1.29, 1.82) is 0 Å². The highest BCUT2D eigenvalue weighted by molar-refractivity contribution is 7.89. The summed E-state index contributed by atoms with van der Waals surface area (Å²) in [6.45, 7) is 2.98. The summed E-state index contributed by atoms with van der Waals surface area (Å²) in [5.41, 5.74) is 0.883. The zero-order valence-corrected chi connectivity index (χ0v) is 12.8. The number of nitrogens with zero attached hydrogens (tertiary/aromatic N) is 3. The zero-order chi connectivity index (χ0) is 15.3. The lowest BCUT2D eigenvalue weighted by Crippen LogP contribution is -2.26. The van der Waals surface area contributed by atoms with Crippen LogP contribution in [0.4, 0.5) is 5.82 Å². The van der Waals surface area contributed by atoms with Crippen molar-refractivity contribution in [3.05, 3.63) is 48.4 Å². The Morgan fingerprint density at radius 1 is 1.19 bits per heavy atom. The van der Waals surface area contributed by atoms with Gasteiger partial charge in [0.15, 0.2) is 0 Å². The van der Waals surface area contributed by atoms with Crippen LogP contribution in [0.3, 0.4) is 0 Å². The minimum Gasteiger partial charge on any atom is -0.370 e. The molecule has 0 saturated heterocycles. The first-order valence-electron chi connectivity index (χ1n) is 6.59. The number of pyridine rings is 2. The van der Waals surface area contributed by atoms with Crippen molar-refractivity contribution in [1.82, 2.24) is 14.3 Å². The van der Waals surface area contributed by atoms with Gasteiger partial charge in [-0.15, -0.1) is 0 Å². The molecule has 0 aliphatic rings. The molecule has 2 aromatic rings. The molecule has 6 nitrogen and oxygen atoms in total. The fraction of sp³-hybridized carbons (Fsp3) is 0.286. The van der Waals surface area contributed by atoms with Crippen LogP contribution >= 0.6 is 0 Å². The van der Waals surface area contributed by atoms with Crippen molar-refractivity contribution >= 4 is 15.8 Å². The molecule has 0 fully saturated rings. The van der Waals surface area contributed by atoms with Gasteiger partial charge in [0, 0.05) is 38.7 Å². The van der Waals surface area contributed by atoms with Gasteiger partial charge in [0.25, 0.3) is 0 Å². The van der Waals surface area contributed by atoms with Gasteiger partial charge in [0.2, 0.25) is 10.0 Å². The van der Waals surface area contributed by atoms with E-state index in [2.05, 4.69) is 15.3 Å². The largest absolute Gasteiger partial charge is 0.370 e. The monoisotopic (exact) mass is 306 g/mol. The molecular formula is C14H18N4O2S. The second-order valence-corrected chi connectivity index (χ2v) is 6.57. The van der Waals surface area contributed by atoms with Crippen LogP contribution in [-0.2, 0) is 16.6 Å². The second-order valence-electron chi connectivity index (χ2n) is 4.53. The molecule has 7 heteroatoms. The molecule has 0 atom stereocenters. The molecule has 0 spiro atoms. The minimum atomic E-state index is -3.55. The Bertz CT molecular complexity index is 672. The third-order valence-electron chi connectivity index (χ3n) is 2.96. The van der Waals surface area contributed by atoms with Gasteiger partial charge in [-0.05, 0) is 36.8 Å². The van der Waals surface area contributed by atoms with Gasteiger partial charge in [-0.1, -0.05) is 0 Å². The molecule has 0 bridgehead atoms. The molecule has 0 aliphatic heterocycles. The summed E-state index contributed by atoms with van der Waals surface area (Å²) in [5, 5.41) is 3.03. The number of hydrogen-bond acceptors (Lipinski definition) is 5. The Hall–Kier alpha value is -1.99. The Kier molecular flexibility index (Phi) is 4.87. The van der Waals surface area contributed by atoms with Crippen LogP contribution in [0.15, 0.2) is 47.8 Å². The first kappa shape index (κ1) is 15.4. The predicted octanol–water partition coefficient (Wildman–Crippen LogP) is 1.73. The van der Waals surface area contributed by atoms with Crippen LogP contribution in [-0.4, -0.2) is 36.3 Å². The van der Waals surface area contributed by atoms with E-state index in [4.69, 9.17) is 0 Å². The first-order chi connectivity index (χ1) is 10.0. The summed E-state index contributed by atoms with van der Waals surface area (Å²) in [7, 11) is -2.00. The Labute approximate surface area is 124 Å². The van der Waals surface area contributed by atoms with Gasteiger partial charge in [0.05, 0.1) is 0 Å². The number of aromatic nitrogens is 2.